The van der Waals surface area contributed by atoms with Crippen molar-refractivity contribution in [3.05, 3.63) is 35.0 Å². The summed E-state index contributed by atoms with van der Waals surface area (Å²) in [4.78, 5) is 4.34. The predicted octanol–water partition coefficient (Wildman–Crippen LogP) is 2.43. The lowest BCUT2D eigenvalue weighted by Crippen LogP contribution is -2.25. The van der Waals surface area contributed by atoms with Gasteiger partial charge in [-0.25, -0.2) is 13.4 Å². The van der Waals surface area contributed by atoms with Gasteiger partial charge in [-0.1, -0.05) is 11.6 Å². The van der Waals surface area contributed by atoms with Gasteiger partial charge in [-0.15, -0.1) is 0 Å². The van der Waals surface area contributed by atoms with E-state index >= 15 is 0 Å². The molecule has 2 aromatic rings. The SMILES string of the molecule is COc1ccc2cc(CN3CCCS3(=O)=O)c(Cl)nc2c1. The molecule has 0 bridgehead atoms. The average Bonchev–Trinajstić information content (AvgIpc) is 2.78. The van der Waals surface area contributed by atoms with E-state index in [4.69, 9.17) is 16.3 Å². The van der Waals surface area contributed by atoms with Crippen LogP contribution in [0.1, 0.15) is 12.0 Å². The zero-order valence-corrected chi connectivity index (χ0v) is 13.1. The first-order valence-electron chi connectivity index (χ1n) is 6.60. The van der Waals surface area contributed by atoms with Crippen molar-refractivity contribution in [2.45, 2.75) is 13.0 Å². The number of fused-ring (bicyclic) bond motifs is 1. The number of ether oxygens (including phenoxy) is 1. The van der Waals surface area contributed by atoms with E-state index in [0.29, 0.717) is 23.9 Å². The lowest BCUT2D eigenvalue weighted by Gasteiger charge is -2.15. The van der Waals surface area contributed by atoms with Crippen LogP contribution < -0.4 is 4.74 Å². The van der Waals surface area contributed by atoms with Crippen molar-refractivity contribution in [3.63, 3.8) is 0 Å². The van der Waals surface area contributed by atoms with Gasteiger partial charge >= 0.3 is 0 Å². The Labute approximate surface area is 128 Å². The highest BCUT2D eigenvalue weighted by atomic mass is 35.5. The summed E-state index contributed by atoms with van der Waals surface area (Å²) in [7, 11) is -1.55. The Kier molecular flexibility index (Phi) is 3.77. The first kappa shape index (κ1) is 14.6. The van der Waals surface area contributed by atoms with E-state index in [-0.39, 0.29) is 12.3 Å². The summed E-state index contributed by atoms with van der Waals surface area (Å²) in [5.74, 6) is 0.920. The van der Waals surface area contributed by atoms with Crippen molar-refractivity contribution in [2.24, 2.45) is 0 Å². The molecular formula is C14H15ClN2O3S. The number of methoxy groups -OCH3 is 1. The molecule has 0 unspecified atom stereocenters. The maximum atomic E-state index is 11.9. The van der Waals surface area contributed by atoms with E-state index in [1.807, 2.05) is 18.2 Å². The molecule has 1 aliphatic rings. The first-order chi connectivity index (χ1) is 9.99. The van der Waals surface area contributed by atoms with Crippen LogP contribution in [-0.2, 0) is 16.6 Å². The molecule has 7 heteroatoms. The summed E-state index contributed by atoms with van der Waals surface area (Å²) in [6.45, 7) is 0.815. The van der Waals surface area contributed by atoms with E-state index in [0.717, 1.165) is 16.5 Å². The Morgan fingerprint density at radius 3 is 2.86 bits per heavy atom. The predicted molar refractivity (Wildman–Crippen MR) is 82.1 cm³/mol. The maximum absolute atomic E-state index is 11.9. The smallest absolute Gasteiger partial charge is 0.214 e. The second-order valence-corrected chi connectivity index (χ2v) is 7.45. The van der Waals surface area contributed by atoms with Gasteiger partial charge in [0.2, 0.25) is 10.0 Å². The van der Waals surface area contributed by atoms with Crippen molar-refractivity contribution < 1.29 is 13.2 Å². The molecule has 112 valence electrons. The van der Waals surface area contributed by atoms with E-state index in [1.165, 1.54) is 4.31 Å². The van der Waals surface area contributed by atoms with Gasteiger partial charge in [0.25, 0.3) is 0 Å². The third-order valence-corrected chi connectivity index (χ3v) is 5.83. The summed E-state index contributed by atoms with van der Waals surface area (Å²) in [6, 6.07) is 7.42. The topological polar surface area (TPSA) is 59.5 Å². The second kappa shape index (κ2) is 5.44. The fraction of sp³-hybridized carbons (Fsp3) is 0.357. The van der Waals surface area contributed by atoms with Gasteiger partial charge in [-0.2, -0.15) is 4.31 Å². The molecule has 1 aromatic heterocycles. The third kappa shape index (κ3) is 2.84. The average molecular weight is 327 g/mol. The summed E-state index contributed by atoms with van der Waals surface area (Å²) in [6.07, 6.45) is 0.665. The molecule has 1 aliphatic heterocycles. The van der Waals surface area contributed by atoms with Crippen LogP contribution in [0.4, 0.5) is 0 Å². The Hall–Kier alpha value is -1.37. The normalized spacial score (nSPS) is 18.2. The van der Waals surface area contributed by atoms with E-state index in [9.17, 15) is 8.42 Å². The van der Waals surface area contributed by atoms with Crippen molar-refractivity contribution in [3.8, 4) is 5.75 Å². The molecule has 1 aromatic carbocycles. The molecular weight excluding hydrogens is 312 g/mol. The van der Waals surface area contributed by atoms with Gasteiger partial charge in [0.15, 0.2) is 0 Å². The Bertz CT molecular complexity index is 792. The lowest BCUT2D eigenvalue weighted by molar-refractivity contribution is 0.415. The van der Waals surface area contributed by atoms with Crippen molar-refractivity contribution in [1.82, 2.24) is 9.29 Å². The van der Waals surface area contributed by atoms with Gasteiger partial charge in [0.05, 0.1) is 18.4 Å². The monoisotopic (exact) mass is 326 g/mol. The van der Waals surface area contributed by atoms with Crippen LogP contribution >= 0.6 is 11.6 Å². The highest BCUT2D eigenvalue weighted by molar-refractivity contribution is 7.89. The molecule has 0 atom stereocenters. The number of sulfonamides is 1. The van der Waals surface area contributed by atoms with Gasteiger partial charge in [0.1, 0.15) is 10.9 Å². The lowest BCUT2D eigenvalue weighted by atomic mass is 10.1. The van der Waals surface area contributed by atoms with Gasteiger partial charge in [0, 0.05) is 30.1 Å². The number of nitrogens with zero attached hydrogens (tertiary/aromatic N) is 2. The van der Waals surface area contributed by atoms with Crippen LogP contribution in [0.25, 0.3) is 10.9 Å². The van der Waals surface area contributed by atoms with Gasteiger partial charge in [-0.05, 0) is 24.6 Å². The van der Waals surface area contributed by atoms with Gasteiger partial charge in [-0.3, -0.25) is 0 Å². The zero-order valence-electron chi connectivity index (χ0n) is 11.5. The van der Waals surface area contributed by atoms with E-state index < -0.39 is 10.0 Å². The number of aromatic nitrogens is 1. The summed E-state index contributed by atoms with van der Waals surface area (Å²) >= 11 is 6.20. The molecule has 1 saturated heterocycles. The first-order valence-corrected chi connectivity index (χ1v) is 8.59. The molecule has 0 aliphatic carbocycles. The number of benzene rings is 1. The van der Waals surface area contributed by atoms with Crippen LogP contribution in [0.15, 0.2) is 24.3 Å². The summed E-state index contributed by atoms with van der Waals surface area (Å²) in [5, 5.41) is 1.24. The molecule has 1 fully saturated rings. The van der Waals surface area contributed by atoms with Crippen molar-refractivity contribution >= 4 is 32.5 Å². The van der Waals surface area contributed by atoms with Crippen molar-refractivity contribution in [2.75, 3.05) is 19.4 Å². The number of halogens is 1. The largest absolute Gasteiger partial charge is 0.497 e. The highest BCUT2D eigenvalue weighted by Crippen LogP contribution is 2.26. The molecule has 21 heavy (non-hydrogen) atoms. The molecule has 3 rings (SSSR count). The summed E-state index contributed by atoms with van der Waals surface area (Å²) in [5.41, 5.74) is 1.45. The highest BCUT2D eigenvalue weighted by Gasteiger charge is 2.28. The Balaban J connectivity index is 1.98. The molecule has 2 heterocycles. The molecule has 0 radical (unpaired) electrons. The maximum Gasteiger partial charge on any atom is 0.214 e. The number of hydrogen-bond acceptors (Lipinski definition) is 4. The minimum absolute atomic E-state index is 0.211. The van der Waals surface area contributed by atoms with Crippen LogP contribution in [-0.4, -0.2) is 37.1 Å². The zero-order chi connectivity index (χ0) is 15.0. The molecule has 0 spiro atoms. The number of hydrogen-bond donors (Lipinski definition) is 0. The third-order valence-electron chi connectivity index (χ3n) is 3.60. The van der Waals surface area contributed by atoms with Gasteiger partial charge < -0.3 is 4.74 Å². The molecule has 0 saturated carbocycles. The number of rotatable bonds is 3. The Morgan fingerprint density at radius 2 is 2.19 bits per heavy atom. The van der Waals surface area contributed by atoms with Crippen LogP contribution in [0.2, 0.25) is 5.15 Å². The standard InChI is InChI=1S/C14H15ClN2O3S/c1-20-12-4-3-10-7-11(14(15)16-13(10)8-12)9-17-5-2-6-21(17,18)19/h3-4,7-8H,2,5-6,9H2,1H3. The molecule has 0 N–H and O–H groups in total. The molecule has 0 amide bonds. The fourth-order valence-electron chi connectivity index (χ4n) is 2.46. The Morgan fingerprint density at radius 1 is 1.38 bits per heavy atom. The summed E-state index contributed by atoms with van der Waals surface area (Å²) < 4.78 is 30.4. The fourth-order valence-corrected chi connectivity index (χ4v) is 4.16. The van der Waals surface area contributed by atoms with E-state index in [1.54, 1.807) is 13.2 Å². The van der Waals surface area contributed by atoms with Crippen molar-refractivity contribution in [1.29, 1.82) is 0 Å². The minimum Gasteiger partial charge on any atom is -0.497 e. The van der Waals surface area contributed by atoms with Crippen LogP contribution in [0.5, 0.6) is 5.75 Å². The second-order valence-electron chi connectivity index (χ2n) is 5.00. The number of pyridine rings is 1. The van der Waals surface area contributed by atoms with Crippen LogP contribution in [0.3, 0.4) is 0 Å². The van der Waals surface area contributed by atoms with E-state index in [2.05, 4.69) is 4.98 Å². The van der Waals surface area contributed by atoms with Crippen LogP contribution in [0, 0.1) is 0 Å². The minimum atomic E-state index is -3.14. The quantitative estimate of drug-likeness (QED) is 0.813. The molecule has 5 nitrogen and oxygen atoms in total.